The number of pyridine rings is 1. The number of carbonyl (C=O) groups excluding carboxylic acids is 3. The molecule has 0 saturated carbocycles. The van der Waals surface area contributed by atoms with Crippen LogP contribution in [-0.2, 0) is 27.4 Å². The normalized spacial score (nSPS) is 18.9. The number of hydrogen-bond donors (Lipinski definition) is 2. The summed E-state index contributed by atoms with van der Waals surface area (Å²) < 4.78 is 73.6. The average molecular weight is 687 g/mol. The number of likely N-dealkylation sites (tertiary alicyclic amines) is 1. The smallest absolute Gasteiger partial charge is 0.374 e. The Morgan fingerprint density at radius 2 is 1.90 bits per heavy atom. The summed E-state index contributed by atoms with van der Waals surface area (Å²) in [5, 5.41) is 7.11. The number of nitrogens with zero attached hydrogens (tertiary/aromatic N) is 4. The van der Waals surface area contributed by atoms with Crippen LogP contribution in [0.2, 0.25) is 0 Å². The van der Waals surface area contributed by atoms with Crippen LogP contribution in [0.5, 0.6) is 0 Å². The van der Waals surface area contributed by atoms with Crippen LogP contribution in [0.4, 0.5) is 22.0 Å². The van der Waals surface area contributed by atoms with Gasteiger partial charge < -0.3 is 20.7 Å². The van der Waals surface area contributed by atoms with Crippen molar-refractivity contribution in [1.82, 2.24) is 20.2 Å². The number of fused-ring (bicyclic) bond motifs is 1. The van der Waals surface area contributed by atoms with Gasteiger partial charge in [0.2, 0.25) is 5.91 Å². The molecule has 3 heterocycles. The van der Waals surface area contributed by atoms with E-state index in [1.54, 1.807) is 36.4 Å². The van der Waals surface area contributed by atoms with E-state index in [1.807, 2.05) is 13.0 Å². The van der Waals surface area contributed by atoms with Gasteiger partial charge in [-0.05, 0) is 48.4 Å². The largest absolute Gasteiger partial charge is 0.408 e. The van der Waals surface area contributed by atoms with E-state index in [2.05, 4.69) is 15.4 Å². The topological polar surface area (TPSA) is 130 Å². The Bertz CT molecular complexity index is 1720. The molecule has 15 heteroatoms. The Balaban J connectivity index is 1.41. The molecule has 0 radical (unpaired) electrons. The molecule has 1 saturated heterocycles. The van der Waals surface area contributed by atoms with Gasteiger partial charge in [-0.3, -0.25) is 19.4 Å². The number of aromatic nitrogens is 1. The van der Waals surface area contributed by atoms with Crippen LogP contribution in [0.3, 0.4) is 0 Å². The summed E-state index contributed by atoms with van der Waals surface area (Å²) in [5.74, 6) is -3.93. The molecule has 2 aromatic carbocycles. The van der Waals surface area contributed by atoms with Gasteiger partial charge in [0, 0.05) is 55.0 Å². The number of hydrazone groups is 1. The van der Waals surface area contributed by atoms with Crippen molar-refractivity contribution >= 4 is 23.4 Å². The lowest BCUT2D eigenvalue weighted by atomic mass is 9.74. The second-order valence-corrected chi connectivity index (χ2v) is 12.2. The Morgan fingerprint density at radius 3 is 2.59 bits per heavy atom. The van der Waals surface area contributed by atoms with E-state index in [4.69, 9.17) is 10.5 Å². The minimum absolute atomic E-state index is 0.0110. The number of carbonyl (C=O) groups is 3. The van der Waals surface area contributed by atoms with Crippen LogP contribution < -0.4 is 11.1 Å². The van der Waals surface area contributed by atoms with Crippen LogP contribution >= 0.6 is 0 Å². The molecule has 10 nitrogen and oxygen atoms in total. The third-order valence-corrected chi connectivity index (χ3v) is 8.60. The monoisotopic (exact) mass is 686 g/mol. The number of hydrogen-bond acceptors (Lipinski definition) is 7. The van der Waals surface area contributed by atoms with E-state index in [0.717, 1.165) is 11.6 Å². The summed E-state index contributed by atoms with van der Waals surface area (Å²) in [6.45, 7) is -0.532. The number of halogens is 5. The highest BCUT2D eigenvalue weighted by Gasteiger charge is 2.56. The van der Waals surface area contributed by atoms with Gasteiger partial charge in [0.05, 0.1) is 18.9 Å². The molecule has 1 aromatic heterocycles. The molecule has 3 unspecified atom stereocenters. The minimum atomic E-state index is -4.72. The van der Waals surface area contributed by atoms with Gasteiger partial charge in [0.1, 0.15) is 29.6 Å². The summed E-state index contributed by atoms with van der Waals surface area (Å²) in [6.07, 6.45) is -3.37. The standard InChI is InChI=1S/C34H35F5N6O4/c1-21(16-40)22-5-4-6-23(13-22)30(46)42-28(18-49-17-24-8-9-25(35)14-27(24)36)31(47)44-12-10-29-33(19-44,15-26-7-2-3-11-41-26)32(48)45(43-29)20-34(37,38)39/h2-9,11,13-14,21,28H,10,12,15-20,40H2,1H3,(H,42,46). The van der Waals surface area contributed by atoms with Crippen LogP contribution in [0.15, 0.2) is 72.0 Å². The predicted molar refractivity (Wildman–Crippen MR) is 168 cm³/mol. The summed E-state index contributed by atoms with van der Waals surface area (Å²) in [7, 11) is 0. The van der Waals surface area contributed by atoms with Crippen molar-refractivity contribution in [1.29, 1.82) is 0 Å². The fourth-order valence-electron chi connectivity index (χ4n) is 5.95. The van der Waals surface area contributed by atoms with E-state index in [1.165, 1.54) is 17.2 Å². The molecular formula is C34H35F5N6O4. The Morgan fingerprint density at radius 1 is 1.10 bits per heavy atom. The van der Waals surface area contributed by atoms with Crippen LogP contribution in [0.1, 0.15) is 46.4 Å². The minimum Gasteiger partial charge on any atom is -0.374 e. The maximum Gasteiger partial charge on any atom is 0.408 e. The summed E-state index contributed by atoms with van der Waals surface area (Å²) in [5.41, 5.74) is 5.80. The van der Waals surface area contributed by atoms with E-state index >= 15 is 0 Å². The van der Waals surface area contributed by atoms with Crippen molar-refractivity contribution < 1.29 is 41.1 Å². The van der Waals surface area contributed by atoms with E-state index < -0.39 is 60.1 Å². The molecule has 3 N–H and O–H groups in total. The second kappa shape index (κ2) is 14.8. The number of rotatable bonds is 12. The Hall–Kier alpha value is -4.76. The van der Waals surface area contributed by atoms with Gasteiger partial charge in [0.15, 0.2) is 0 Å². The first-order valence-corrected chi connectivity index (χ1v) is 15.6. The first kappa shape index (κ1) is 35.5. The number of benzene rings is 2. The Kier molecular flexibility index (Phi) is 10.7. The van der Waals surface area contributed by atoms with Crippen molar-refractivity contribution in [3.63, 3.8) is 0 Å². The molecule has 49 heavy (non-hydrogen) atoms. The lowest BCUT2D eigenvalue weighted by Crippen LogP contribution is -2.60. The highest BCUT2D eigenvalue weighted by atomic mass is 19.4. The molecule has 260 valence electrons. The van der Waals surface area contributed by atoms with Crippen LogP contribution in [-0.4, -0.2) is 83.3 Å². The molecule has 0 spiro atoms. The number of alkyl halides is 3. The van der Waals surface area contributed by atoms with Crippen molar-refractivity contribution in [3.8, 4) is 0 Å². The third-order valence-electron chi connectivity index (χ3n) is 8.60. The number of piperidine rings is 1. The molecule has 5 rings (SSSR count). The lowest BCUT2D eigenvalue weighted by Gasteiger charge is -2.40. The van der Waals surface area contributed by atoms with Crippen molar-refractivity contribution in [2.24, 2.45) is 16.3 Å². The maximum atomic E-state index is 14.3. The molecule has 3 aromatic rings. The van der Waals surface area contributed by atoms with Crippen LogP contribution in [0, 0.1) is 17.0 Å². The summed E-state index contributed by atoms with van der Waals surface area (Å²) in [6, 6.07) is 13.2. The Labute approximate surface area is 279 Å². The van der Waals surface area contributed by atoms with Gasteiger partial charge in [-0.25, -0.2) is 13.8 Å². The van der Waals surface area contributed by atoms with Gasteiger partial charge in [-0.2, -0.15) is 18.3 Å². The van der Waals surface area contributed by atoms with E-state index in [0.29, 0.717) is 23.3 Å². The van der Waals surface area contributed by atoms with Gasteiger partial charge >= 0.3 is 6.18 Å². The number of nitrogens with one attached hydrogen (secondary N) is 1. The zero-order valence-corrected chi connectivity index (χ0v) is 26.6. The van der Waals surface area contributed by atoms with Crippen molar-refractivity contribution in [2.45, 2.75) is 44.5 Å². The van der Waals surface area contributed by atoms with E-state index in [9.17, 15) is 36.3 Å². The predicted octanol–water partition coefficient (Wildman–Crippen LogP) is 3.96. The summed E-state index contributed by atoms with van der Waals surface area (Å²) in [4.78, 5) is 46.9. The van der Waals surface area contributed by atoms with Crippen LogP contribution in [0.25, 0.3) is 0 Å². The molecule has 2 aliphatic rings. The number of ether oxygens (including phenoxy) is 1. The SMILES string of the molecule is CC(CN)c1cccc(C(=O)NC(COCc2ccc(F)cc2F)C(=O)N2CCC3=NN(CC(F)(F)F)C(=O)C3(Cc3ccccn3)C2)c1. The fraction of sp³-hybridized carbons (Fsp3) is 0.382. The first-order chi connectivity index (χ1) is 23.3. The molecule has 0 bridgehead atoms. The molecule has 2 aliphatic heterocycles. The fourth-order valence-corrected chi connectivity index (χ4v) is 5.95. The van der Waals surface area contributed by atoms with Crippen molar-refractivity contribution in [3.05, 3.63) is 101 Å². The third kappa shape index (κ3) is 8.28. The lowest BCUT2D eigenvalue weighted by molar-refractivity contribution is -0.164. The molecule has 3 atom stereocenters. The summed E-state index contributed by atoms with van der Waals surface area (Å²) >= 11 is 0. The zero-order valence-electron chi connectivity index (χ0n) is 26.6. The molecule has 1 fully saturated rings. The quantitative estimate of drug-likeness (QED) is 0.278. The number of nitrogens with two attached hydrogens (primary N) is 1. The first-order valence-electron chi connectivity index (χ1n) is 15.6. The number of amides is 3. The van der Waals surface area contributed by atoms with Gasteiger partial charge in [0.25, 0.3) is 11.8 Å². The van der Waals surface area contributed by atoms with Gasteiger partial charge in [-0.1, -0.05) is 31.2 Å². The van der Waals surface area contributed by atoms with Gasteiger partial charge in [-0.15, -0.1) is 0 Å². The molecule has 3 amide bonds. The molecule has 0 aliphatic carbocycles. The zero-order chi connectivity index (χ0) is 35.3. The highest BCUT2D eigenvalue weighted by molar-refractivity contribution is 6.14. The highest BCUT2D eigenvalue weighted by Crippen LogP contribution is 2.39. The molecular weight excluding hydrogens is 651 g/mol. The average Bonchev–Trinajstić information content (AvgIpc) is 3.33. The van der Waals surface area contributed by atoms with E-state index in [-0.39, 0.29) is 55.3 Å². The second-order valence-electron chi connectivity index (χ2n) is 12.2. The maximum absolute atomic E-state index is 14.3. The van der Waals surface area contributed by atoms with Crippen molar-refractivity contribution in [2.75, 3.05) is 32.8 Å².